The smallest absolute Gasteiger partial charge is 0.261 e. The van der Waals surface area contributed by atoms with Crippen molar-refractivity contribution in [1.82, 2.24) is 0 Å². The van der Waals surface area contributed by atoms with Crippen LogP contribution in [-0.4, -0.2) is 15.0 Å². The van der Waals surface area contributed by atoms with Crippen LogP contribution in [0.15, 0.2) is 17.0 Å². The summed E-state index contributed by atoms with van der Waals surface area (Å²) < 4.78 is 28.6. The van der Waals surface area contributed by atoms with Crippen LogP contribution in [0.1, 0.15) is 37.8 Å². The summed E-state index contributed by atoms with van der Waals surface area (Å²) in [6.07, 6.45) is 1.50. The van der Waals surface area contributed by atoms with Crippen molar-refractivity contribution < 1.29 is 13.2 Å². The average Bonchev–Trinajstić information content (AvgIpc) is 2.32. The molecule has 116 valence electrons. The summed E-state index contributed by atoms with van der Waals surface area (Å²) in [5, 5.41) is 8.93. The quantitative estimate of drug-likeness (QED) is 0.585. The third-order valence-electron chi connectivity index (χ3n) is 3.20. The van der Waals surface area contributed by atoms with E-state index in [1.807, 2.05) is 13.8 Å². The van der Waals surface area contributed by atoms with E-state index in [0.717, 1.165) is 12.8 Å². The Balaban J connectivity index is 2.74. The molecule has 1 aromatic rings. The third-order valence-corrected chi connectivity index (χ3v) is 4.79. The van der Waals surface area contributed by atoms with Crippen LogP contribution in [0.5, 0.6) is 5.75 Å². The molecule has 1 rings (SSSR count). The Morgan fingerprint density at radius 2 is 1.81 bits per heavy atom. The predicted molar refractivity (Wildman–Crippen MR) is 83.1 cm³/mol. The Morgan fingerprint density at radius 3 is 2.24 bits per heavy atom. The number of ether oxygens (including phenoxy) is 1. The van der Waals surface area contributed by atoms with E-state index in [0.29, 0.717) is 23.5 Å². The van der Waals surface area contributed by atoms with Crippen molar-refractivity contribution in [3.8, 4) is 11.8 Å². The van der Waals surface area contributed by atoms with Crippen molar-refractivity contribution in [2.75, 3.05) is 6.61 Å². The molecule has 0 N–H and O–H groups in total. The summed E-state index contributed by atoms with van der Waals surface area (Å²) in [5.74, 6) is 0.615. The molecule has 0 aliphatic heterocycles. The van der Waals surface area contributed by atoms with Gasteiger partial charge in [0.1, 0.15) is 5.75 Å². The minimum absolute atomic E-state index is 0.141. The Kier molecular flexibility index (Phi) is 5.66. The summed E-state index contributed by atoms with van der Waals surface area (Å²) in [7, 11) is 1.67. The van der Waals surface area contributed by atoms with Crippen LogP contribution >= 0.6 is 10.7 Å². The van der Waals surface area contributed by atoms with Gasteiger partial charge in [-0.2, -0.15) is 5.26 Å². The first kappa shape index (κ1) is 17.8. The van der Waals surface area contributed by atoms with Gasteiger partial charge in [0, 0.05) is 10.7 Å². The summed E-state index contributed by atoms with van der Waals surface area (Å²) in [4.78, 5) is 0.141. The van der Waals surface area contributed by atoms with Gasteiger partial charge >= 0.3 is 0 Å². The topological polar surface area (TPSA) is 67.2 Å². The molecule has 4 nitrogen and oxygen atoms in total. The fourth-order valence-electron chi connectivity index (χ4n) is 2.14. The molecule has 0 amide bonds. The Morgan fingerprint density at radius 1 is 1.29 bits per heavy atom. The Bertz CT molecular complexity index is 637. The van der Waals surface area contributed by atoms with Crippen LogP contribution in [0.4, 0.5) is 0 Å². The van der Waals surface area contributed by atoms with Gasteiger partial charge < -0.3 is 4.74 Å². The van der Waals surface area contributed by atoms with E-state index in [-0.39, 0.29) is 10.3 Å². The Labute approximate surface area is 131 Å². The molecule has 1 aromatic carbocycles. The molecular formula is C15H20ClNO3S. The second kappa shape index (κ2) is 6.67. The number of hydrogen-bond donors (Lipinski definition) is 0. The van der Waals surface area contributed by atoms with E-state index >= 15 is 0 Å². The number of hydrogen-bond acceptors (Lipinski definition) is 4. The van der Waals surface area contributed by atoms with Crippen LogP contribution < -0.4 is 4.74 Å². The van der Waals surface area contributed by atoms with Crippen molar-refractivity contribution >= 4 is 19.7 Å². The molecule has 0 radical (unpaired) electrons. The highest BCUT2D eigenvalue weighted by atomic mass is 35.7. The van der Waals surface area contributed by atoms with E-state index in [1.165, 1.54) is 0 Å². The molecule has 0 saturated carbocycles. The van der Waals surface area contributed by atoms with Gasteiger partial charge in [-0.1, -0.05) is 0 Å². The lowest BCUT2D eigenvalue weighted by molar-refractivity contribution is 0.284. The van der Waals surface area contributed by atoms with Crippen molar-refractivity contribution in [3.05, 3.63) is 23.3 Å². The second-order valence-corrected chi connectivity index (χ2v) is 8.27. The monoisotopic (exact) mass is 329 g/mol. The molecular weight excluding hydrogens is 310 g/mol. The molecule has 0 aliphatic rings. The SMILES string of the molecule is Cc1cc(OCCCC(C)(C)C#N)cc(C)c1S(=O)(=O)Cl. The summed E-state index contributed by atoms with van der Waals surface area (Å²) in [5.41, 5.74) is 0.779. The van der Waals surface area contributed by atoms with E-state index in [9.17, 15) is 8.42 Å². The molecule has 0 unspecified atom stereocenters. The van der Waals surface area contributed by atoms with Crippen molar-refractivity contribution in [2.24, 2.45) is 5.41 Å². The number of benzene rings is 1. The maximum Gasteiger partial charge on any atom is 0.261 e. The minimum Gasteiger partial charge on any atom is -0.494 e. The molecule has 0 fully saturated rings. The molecule has 0 saturated heterocycles. The first-order chi connectivity index (χ1) is 9.57. The number of nitrogens with zero attached hydrogens (tertiary/aromatic N) is 1. The maximum absolute atomic E-state index is 11.5. The number of aryl methyl sites for hydroxylation is 2. The van der Waals surface area contributed by atoms with E-state index < -0.39 is 9.05 Å². The summed E-state index contributed by atoms with van der Waals surface area (Å²) in [6, 6.07) is 5.57. The zero-order valence-corrected chi connectivity index (χ0v) is 14.3. The lowest BCUT2D eigenvalue weighted by Gasteiger charge is -2.15. The zero-order chi connectivity index (χ0) is 16.3. The third kappa shape index (κ3) is 5.22. The van der Waals surface area contributed by atoms with Gasteiger partial charge in [-0.15, -0.1) is 0 Å². The first-order valence-electron chi connectivity index (χ1n) is 6.67. The minimum atomic E-state index is -3.75. The highest BCUT2D eigenvalue weighted by molar-refractivity contribution is 8.13. The predicted octanol–water partition coefficient (Wildman–Crippen LogP) is 3.94. The molecule has 6 heteroatoms. The van der Waals surface area contributed by atoms with Gasteiger partial charge in [0.2, 0.25) is 0 Å². The van der Waals surface area contributed by atoms with Crippen molar-refractivity contribution in [3.63, 3.8) is 0 Å². The summed E-state index contributed by atoms with van der Waals surface area (Å²) in [6.45, 7) is 7.64. The van der Waals surface area contributed by atoms with E-state index in [1.54, 1.807) is 26.0 Å². The standard InChI is InChI=1S/C15H20ClNO3S/c1-11-8-13(9-12(2)14(11)21(16,18)19)20-7-5-6-15(3,4)10-17/h8-9H,5-7H2,1-4H3. The second-order valence-electron chi connectivity index (χ2n) is 5.77. The molecule has 0 aliphatic carbocycles. The van der Waals surface area contributed by atoms with E-state index in [2.05, 4.69) is 6.07 Å². The average molecular weight is 330 g/mol. The first-order valence-corrected chi connectivity index (χ1v) is 8.98. The van der Waals surface area contributed by atoms with Crippen molar-refractivity contribution in [1.29, 1.82) is 5.26 Å². The number of nitriles is 1. The number of halogens is 1. The molecule has 21 heavy (non-hydrogen) atoms. The lowest BCUT2D eigenvalue weighted by atomic mass is 9.90. The highest BCUT2D eigenvalue weighted by Crippen LogP contribution is 2.28. The van der Waals surface area contributed by atoms with Crippen LogP contribution in [-0.2, 0) is 9.05 Å². The van der Waals surface area contributed by atoms with E-state index in [4.69, 9.17) is 20.7 Å². The maximum atomic E-state index is 11.5. The van der Waals surface area contributed by atoms with Gasteiger partial charge in [-0.05, 0) is 63.8 Å². The van der Waals surface area contributed by atoms with Gasteiger partial charge in [-0.3, -0.25) is 0 Å². The van der Waals surface area contributed by atoms with Crippen LogP contribution in [0.25, 0.3) is 0 Å². The molecule has 0 atom stereocenters. The molecule has 0 heterocycles. The van der Waals surface area contributed by atoms with Crippen LogP contribution in [0.3, 0.4) is 0 Å². The highest BCUT2D eigenvalue weighted by Gasteiger charge is 2.18. The van der Waals surface area contributed by atoms with Gasteiger partial charge in [0.05, 0.1) is 23.0 Å². The number of rotatable bonds is 6. The van der Waals surface area contributed by atoms with Gasteiger partial charge in [0.15, 0.2) is 0 Å². The zero-order valence-electron chi connectivity index (χ0n) is 12.7. The summed E-state index contributed by atoms with van der Waals surface area (Å²) >= 11 is 0. The van der Waals surface area contributed by atoms with Crippen LogP contribution in [0, 0.1) is 30.6 Å². The Hall–Kier alpha value is -1.25. The van der Waals surface area contributed by atoms with Gasteiger partial charge in [0.25, 0.3) is 9.05 Å². The fourth-order valence-corrected chi connectivity index (χ4v) is 3.76. The molecule has 0 aromatic heterocycles. The van der Waals surface area contributed by atoms with Crippen molar-refractivity contribution in [2.45, 2.75) is 45.4 Å². The fraction of sp³-hybridized carbons (Fsp3) is 0.533. The molecule has 0 spiro atoms. The van der Waals surface area contributed by atoms with Crippen LogP contribution in [0.2, 0.25) is 0 Å². The lowest BCUT2D eigenvalue weighted by Crippen LogP contribution is -2.10. The normalized spacial score (nSPS) is 12.0. The molecule has 0 bridgehead atoms. The largest absolute Gasteiger partial charge is 0.494 e. The van der Waals surface area contributed by atoms with Gasteiger partial charge in [-0.25, -0.2) is 8.42 Å².